The maximum absolute atomic E-state index is 13.1. The molecule has 2 heterocycles. The average molecular weight is 431 g/mol. The van der Waals surface area contributed by atoms with Crippen LogP contribution in [0.15, 0.2) is 35.5 Å². The van der Waals surface area contributed by atoms with E-state index in [1.165, 1.54) is 4.90 Å². The van der Waals surface area contributed by atoms with E-state index in [1.807, 2.05) is 18.2 Å². The molecule has 0 aromatic heterocycles. The maximum atomic E-state index is 13.1. The van der Waals surface area contributed by atoms with Crippen molar-refractivity contribution in [3.63, 3.8) is 0 Å². The van der Waals surface area contributed by atoms with Crippen LogP contribution < -0.4 is 10.1 Å². The Morgan fingerprint density at radius 2 is 1.84 bits per heavy atom. The number of para-hydroxylation sites is 1. The fourth-order valence-electron chi connectivity index (χ4n) is 3.97. The van der Waals surface area contributed by atoms with Gasteiger partial charge in [-0.05, 0) is 13.0 Å². The molecule has 1 aromatic carbocycles. The van der Waals surface area contributed by atoms with Crippen molar-refractivity contribution in [2.75, 3.05) is 53.5 Å². The largest absolute Gasteiger partial charge is 0.496 e. The minimum Gasteiger partial charge on any atom is -0.496 e. The topological polar surface area (TPSA) is 91.4 Å². The number of piperazine rings is 1. The SMILES string of the molecule is CCOC(=O)C1=C(CN2CCN(C(C)=O)CC2)N(C)C(=O)NC1c1ccccc1OC. The summed E-state index contributed by atoms with van der Waals surface area (Å²) in [7, 11) is 3.20. The van der Waals surface area contributed by atoms with Crippen molar-refractivity contribution in [3.8, 4) is 5.75 Å². The van der Waals surface area contributed by atoms with Gasteiger partial charge in [-0.25, -0.2) is 9.59 Å². The third-order valence-electron chi connectivity index (χ3n) is 5.71. The van der Waals surface area contributed by atoms with Crippen molar-refractivity contribution >= 4 is 17.9 Å². The van der Waals surface area contributed by atoms with Gasteiger partial charge in [-0.1, -0.05) is 18.2 Å². The van der Waals surface area contributed by atoms with E-state index in [1.54, 1.807) is 39.0 Å². The Kier molecular flexibility index (Phi) is 7.17. The maximum Gasteiger partial charge on any atom is 0.338 e. The second-order valence-electron chi connectivity index (χ2n) is 7.55. The molecule has 3 amide bonds. The van der Waals surface area contributed by atoms with Crippen molar-refractivity contribution in [2.24, 2.45) is 0 Å². The number of esters is 1. The van der Waals surface area contributed by atoms with Crippen LogP contribution in [0.5, 0.6) is 5.75 Å². The van der Waals surface area contributed by atoms with Crippen molar-refractivity contribution in [1.29, 1.82) is 0 Å². The van der Waals surface area contributed by atoms with E-state index in [0.717, 1.165) is 0 Å². The van der Waals surface area contributed by atoms with Gasteiger partial charge in [-0.2, -0.15) is 0 Å². The summed E-state index contributed by atoms with van der Waals surface area (Å²) in [5.74, 6) is 0.160. The minimum atomic E-state index is -0.688. The van der Waals surface area contributed by atoms with Gasteiger partial charge in [0.2, 0.25) is 5.91 Å². The van der Waals surface area contributed by atoms with Gasteiger partial charge >= 0.3 is 12.0 Å². The number of hydrogen-bond acceptors (Lipinski definition) is 6. The number of methoxy groups -OCH3 is 1. The molecule has 1 fully saturated rings. The lowest BCUT2D eigenvalue weighted by atomic mass is 9.93. The number of benzene rings is 1. The molecule has 1 aromatic rings. The lowest BCUT2D eigenvalue weighted by molar-refractivity contribution is -0.139. The molecule has 2 aliphatic rings. The van der Waals surface area contributed by atoms with Crippen molar-refractivity contribution in [2.45, 2.75) is 19.9 Å². The van der Waals surface area contributed by atoms with E-state index in [-0.39, 0.29) is 18.5 Å². The van der Waals surface area contributed by atoms with E-state index in [9.17, 15) is 14.4 Å². The third kappa shape index (κ3) is 4.82. The van der Waals surface area contributed by atoms with E-state index in [4.69, 9.17) is 9.47 Å². The quantitative estimate of drug-likeness (QED) is 0.686. The van der Waals surface area contributed by atoms with Crippen LogP contribution >= 0.6 is 0 Å². The molecule has 1 N–H and O–H groups in total. The molecule has 1 atom stereocenters. The van der Waals surface area contributed by atoms with Crippen molar-refractivity contribution < 1.29 is 23.9 Å². The second-order valence-corrected chi connectivity index (χ2v) is 7.55. The number of carbonyl (C=O) groups excluding carboxylic acids is 3. The summed E-state index contributed by atoms with van der Waals surface area (Å²) in [4.78, 5) is 42.9. The number of urea groups is 1. The van der Waals surface area contributed by atoms with Gasteiger partial charge in [0, 0.05) is 58.0 Å². The van der Waals surface area contributed by atoms with E-state index in [2.05, 4.69) is 10.2 Å². The van der Waals surface area contributed by atoms with Crippen LogP contribution in [0.1, 0.15) is 25.5 Å². The number of nitrogens with zero attached hydrogens (tertiary/aromatic N) is 3. The Balaban J connectivity index is 2.00. The number of amides is 3. The second kappa shape index (κ2) is 9.82. The van der Waals surface area contributed by atoms with Crippen LogP contribution in [0, 0.1) is 0 Å². The smallest absolute Gasteiger partial charge is 0.338 e. The lowest BCUT2D eigenvalue weighted by Crippen LogP contribution is -2.52. The summed E-state index contributed by atoms with van der Waals surface area (Å²) >= 11 is 0. The van der Waals surface area contributed by atoms with Gasteiger partial charge in [-0.15, -0.1) is 0 Å². The summed E-state index contributed by atoms with van der Waals surface area (Å²) in [5, 5.41) is 2.91. The summed E-state index contributed by atoms with van der Waals surface area (Å²) in [6, 6.07) is 6.31. The molecule has 0 bridgehead atoms. The highest BCUT2D eigenvalue weighted by atomic mass is 16.5. The molecule has 9 nitrogen and oxygen atoms in total. The van der Waals surface area contributed by atoms with Crippen molar-refractivity contribution in [1.82, 2.24) is 20.0 Å². The molecule has 31 heavy (non-hydrogen) atoms. The molecule has 1 unspecified atom stereocenters. The van der Waals surface area contributed by atoms with E-state index >= 15 is 0 Å². The predicted molar refractivity (Wildman–Crippen MR) is 114 cm³/mol. The Morgan fingerprint density at radius 1 is 1.16 bits per heavy atom. The molecule has 0 aliphatic carbocycles. The molecule has 1 saturated heterocycles. The van der Waals surface area contributed by atoms with Crippen LogP contribution in [0.25, 0.3) is 0 Å². The van der Waals surface area contributed by atoms with Crippen LogP contribution in [-0.4, -0.2) is 86.1 Å². The molecule has 0 saturated carbocycles. The minimum absolute atomic E-state index is 0.0523. The van der Waals surface area contributed by atoms with Crippen LogP contribution in [0.2, 0.25) is 0 Å². The highest BCUT2D eigenvalue weighted by molar-refractivity contribution is 5.95. The van der Waals surface area contributed by atoms with Gasteiger partial charge in [0.15, 0.2) is 0 Å². The molecular formula is C22H30N4O5. The van der Waals surface area contributed by atoms with Gasteiger partial charge in [-0.3, -0.25) is 14.6 Å². The molecule has 3 rings (SSSR count). The number of likely N-dealkylation sites (N-methyl/N-ethyl adjacent to an activating group) is 1. The normalized spacial score (nSPS) is 19.9. The van der Waals surface area contributed by atoms with Crippen molar-refractivity contribution in [3.05, 3.63) is 41.1 Å². The highest BCUT2D eigenvalue weighted by Gasteiger charge is 2.38. The monoisotopic (exact) mass is 430 g/mol. The molecular weight excluding hydrogens is 400 g/mol. The van der Waals surface area contributed by atoms with Gasteiger partial charge in [0.25, 0.3) is 0 Å². The zero-order valence-corrected chi connectivity index (χ0v) is 18.5. The first-order chi connectivity index (χ1) is 14.9. The number of ether oxygens (including phenoxy) is 2. The molecule has 2 aliphatic heterocycles. The zero-order valence-electron chi connectivity index (χ0n) is 18.5. The van der Waals surface area contributed by atoms with Gasteiger partial charge in [0.05, 0.1) is 25.3 Å². The number of hydrogen-bond donors (Lipinski definition) is 1. The molecule has 9 heteroatoms. The Labute approximate surface area is 182 Å². The highest BCUT2D eigenvalue weighted by Crippen LogP contribution is 2.35. The first-order valence-corrected chi connectivity index (χ1v) is 10.4. The molecule has 168 valence electrons. The Morgan fingerprint density at radius 3 is 2.45 bits per heavy atom. The fraction of sp³-hybridized carbons (Fsp3) is 0.500. The summed E-state index contributed by atoms with van der Waals surface area (Å²) in [6.07, 6.45) is 0. The first-order valence-electron chi connectivity index (χ1n) is 10.4. The number of rotatable bonds is 6. The van der Waals surface area contributed by atoms with E-state index < -0.39 is 12.0 Å². The fourth-order valence-corrected chi connectivity index (χ4v) is 3.97. The summed E-state index contributed by atoms with van der Waals surface area (Å²) in [6.45, 7) is 6.49. The average Bonchev–Trinajstić information content (AvgIpc) is 2.77. The van der Waals surface area contributed by atoms with E-state index in [0.29, 0.717) is 55.3 Å². The van der Waals surface area contributed by atoms with Crippen LogP contribution in [-0.2, 0) is 14.3 Å². The summed E-state index contributed by atoms with van der Waals surface area (Å²) < 4.78 is 10.9. The summed E-state index contributed by atoms with van der Waals surface area (Å²) in [5.41, 5.74) is 1.67. The Bertz CT molecular complexity index is 876. The first kappa shape index (κ1) is 22.6. The standard InChI is InChI=1S/C22H30N4O5/c1-5-31-21(28)19-17(14-25-10-12-26(13-11-25)15(2)27)24(3)22(29)23-20(19)16-8-6-7-9-18(16)30-4/h6-9,20H,5,10-14H2,1-4H3,(H,23,29). The van der Waals surface area contributed by atoms with Crippen LogP contribution in [0.4, 0.5) is 4.79 Å². The van der Waals surface area contributed by atoms with Gasteiger partial charge in [0.1, 0.15) is 5.75 Å². The lowest BCUT2D eigenvalue weighted by Gasteiger charge is -2.39. The Hall–Kier alpha value is -3.07. The van der Waals surface area contributed by atoms with Gasteiger partial charge < -0.3 is 19.7 Å². The molecule has 0 radical (unpaired) electrons. The zero-order chi connectivity index (χ0) is 22.5. The number of nitrogens with one attached hydrogen (secondary N) is 1. The third-order valence-corrected chi connectivity index (χ3v) is 5.71. The predicted octanol–water partition coefficient (Wildman–Crippen LogP) is 1.37. The number of carbonyl (C=O) groups is 3. The molecule has 0 spiro atoms. The van der Waals surface area contributed by atoms with Crippen LogP contribution in [0.3, 0.4) is 0 Å².